The van der Waals surface area contributed by atoms with Gasteiger partial charge in [-0.25, -0.2) is 8.42 Å². The van der Waals surface area contributed by atoms with E-state index in [2.05, 4.69) is 0 Å². The molecule has 1 fully saturated rings. The maximum atomic E-state index is 12.7. The molecule has 0 saturated heterocycles. The molecule has 2 aromatic carbocycles. The first-order chi connectivity index (χ1) is 10.1. The van der Waals surface area contributed by atoms with Crippen LogP contribution in [0.25, 0.3) is 0 Å². The van der Waals surface area contributed by atoms with Crippen LogP contribution in [0.1, 0.15) is 11.5 Å². The number of hydrogen-bond acceptors (Lipinski definition) is 3. The molecule has 1 aliphatic rings. The van der Waals surface area contributed by atoms with E-state index in [0.29, 0.717) is 9.92 Å². The first-order valence-electron chi connectivity index (χ1n) is 6.71. The fourth-order valence-corrected chi connectivity index (χ4v) is 5.22. The van der Waals surface area contributed by atoms with Crippen molar-refractivity contribution in [3.05, 3.63) is 65.2 Å². The largest absolute Gasteiger partial charge is 0.396 e. The molecular formula is C16H15ClO3S. The second kappa shape index (κ2) is 5.44. The van der Waals surface area contributed by atoms with Gasteiger partial charge in [0.25, 0.3) is 0 Å². The molecule has 2 aromatic rings. The third-order valence-corrected chi connectivity index (χ3v) is 6.53. The predicted octanol–water partition coefficient (Wildman–Crippen LogP) is 2.89. The number of benzene rings is 2. The lowest BCUT2D eigenvalue weighted by atomic mass is 10.1. The molecule has 0 unspecified atom stereocenters. The van der Waals surface area contributed by atoms with Gasteiger partial charge in [0.1, 0.15) is 0 Å². The molecule has 0 bridgehead atoms. The van der Waals surface area contributed by atoms with Crippen molar-refractivity contribution in [3.63, 3.8) is 0 Å². The second-order valence-electron chi connectivity index (χ2n) is 5.25. The molecule has 0 aliphatic heterocycles. The minimum absolute atomic E-state index is 0.135. The second-order valence-corrected chi connectivity index (χ2v) is 7.79. The molecule has 21 heavy (non-hydrogen) atoms. The fraction of sp³-hybridized carbons (Fsp3) is 0.250. The number of aliphatic hydroxyl groups is 1. The summed E-state index contributed by atoms with van der Waals surface area (Å²) in [5, 5.41) is 9.53. The van der Waals surface area contributed by atoms with Crippen LogP contribution in [0.5, 0.6) is 0 Å². The van der Waals surface area contributed by atoms with Crippen molar-refractivity contribution in [2.24, 2.45) is 5.92 Å². The summed E-state index contributed by atoms with van der Waals surface area (Å²) in [6.45, 7) is -0.135. The topological polar surface area (TPSA) is 54.4 Å². The molecule has 0 radical (unpaired) electrons. The maximum Gasteiger partial charge on any atom is 0.182 e. The molecule has 0 amide bonds. The first kappa shape index (κ1) is 14.6. The number of hydrogen-bond donors (Lipinski definition) is 1. The Labute approximate surface area is 129 Å². The molecule has 0 spiro atoms. The lowest BCUT2D eigenvalue weighted by Crippen LogP contribution is -2.11. The van der Waals surface area contributed by atoms with Crippen molar-refractivity contribution in [1.29, 1.82) is 0 Å². The zero-order chi connectivity index (χ0) is 15.0. The van der Waals surface area contributed by atoms with E-state index in [4.69, 9.17) is 11.6 Å². The van der Waals surface area contributed by atoms with E-state index < -0.39 is 15.1 Å². The Balaban J connectivity index is 1.94. The van der Waals surface area contributed by atoms with Crippen LogP contribution < -0.4 is 0 Å². The summed E-state index contributed by atoms with van der Waals surface area (Å²) in [6, 6.07) is 15.5. The van der Waals surface area contributed by atoms with Crippen LogP contribution >= 0.6 is 11.6 Å². The van der Waals surface area contributed by atoms with Crippen molar-refractivity contribution in [3.8, 4) is 0 Å². The monoisotopic (exact) mass is 322 g/mol. The van der Waals surface area contributed by atoms with Gasteiger partial charge in [0.15, 0.2) is 9.84 Å². The molecule has 1 saturated carbocycles. The van der Waals surface area contributed by atoms with Crippen LogP contribution in [-0.2, 0) is 9.84 Å². The van der Waals surface area contributed by atoms with Gasteiger partial charge in [-0.2, -0.15) is 0 Å². The minimum atomic E-state index is -3.43. The van der Waals surface area contributed by atoms with Gasteiger partial charge in [0.2, 0.25) is 0 Å². The molecule has 3 rings (SSSR count). The van der Waals surface area contributed by atoms with Crippen molar-refractivity contribution in [2.75, 3.05) is 6.61 Å². The first-order valence-corrected chi connectivity index (χ1v) is 8.63. The average molecular weight is 323 g/mol. The van der Waals surface area contributed by atoms with Crippen LogP contribution in [-0.4, -0.2) is 25.4 Å². The van der Waals surface area contributed by atoms with Crippen molar-refractivity contribution in [2.45, 2.75) is 16.1 Å². The average Bonchev–Trinajstić information content (AvgIpc) is 3.24. The van der Waals surface area contributed by atoms with Gasteiger partial charge in [0.05, 0.1) is 10.1 Å². The Bertz CT molecular complexity index is 726. The van der Waals surface area contributed by atoms with E-state index >= 15 is 0 Å². The Morgan fingerprint density at radius 1 is 1.00 bits per heavy atom. The number of halogens is 1. The molecule has 3 nitrogen and oxygen atoms in total. The molecule has 1 N–H and O–H groups in total. The number of sulfone groups is 1. The van der Waals surface area contributed by atoms with Crippen LogP contribution in [0, 0.1) is 5.92 Å². The quantitative estimate of drug-likeness (QED) is 0.941. The van der Waals surface area contributed by atoms with Crippen LogP contribution in [0.2, 0.25) is 5.02 Å². The van der Waals surface area contributed by atoms with Crippen LogP contribution in [0.4, 0.5) is 0 Å². The Morgan fingerprint density at radius 2 is 1.62 bits per heavy atom. The smallest absolute Gasteiger partial charge is 0.182 e. The molecule has 5 heteroatoms. The summed E-state index contributed by atoms with van der Waals surface area (Å²) in [5.74, 6) is -0.422. The van der Waals surface area contributed by atoms with Crippen molar-refractivity contribution >= 4 is 21.4 Å². The summed E-state index contributed by atoms with van der Waals surface area (Å²) < 4.78 is 25.4. The molecule has 110 valence electrons. The Kier molecular flexibility index (Phi) is 3.78. The van der Waals surface area contributed by atoms with E-state index in [0.717, 1.165) is 5.56 Å². The van der Waals surface area contributed by atoms with E-state index in [9.17, 15) is 13.5 Å². The zero-order valence-electron chi connectivity index (χ0n) is 11.2. The number of rotatable bonds is 4. The summed E-state index contributed by atoms with van der Waals surface area (Å²) in [7, 11) is -3.43. The molecule has 0 aromatic heterocycles. The van der Waals surface area contributed by atoms with Crippen LogP contribution in [0.15, 0.2) is 59.5 Å². The van der Waals surface area contributed by atoms with E-state index in [1.165, 1.54) is 0 Å². The lowest BCUT2D eigenvalue weighted by Gasteiger charge is -2.04. The SMILES string of the molecule is O=S(=O)(c1ccccc1)[C@@H]1[C@H](CO)[C@@H]1c1ccc(Cl)cc1. The minimum Gasteiger partial charge on any atom is -0.396 e. The summed E-state index contributed by atoms with van der Waals surface area (Å²) >= 11 is 5.86. The third kappa shape index (κ3) is 2.59. The highest BCUT2D eigenvalue weighted by Gasteiger charge is 2.58. The lowest BCUT2D eigenvalue weighted by molar-refractivity contribution is 0.274. The third-order valence-electron chi connectivity index (χ3n) is 3.99. The van der Waals surface area contributed by atoms with E-state index in [1.807, 2.05) is 12.1 Å². The van der Waals surface area contributed by atoms with E-state index in [-0.39, 0.29) is 18.4 Å². The van der Waals surface area contributed by atoms with Gasteiger partial charge in [-0.15, -0.1) is 0 Å². The van der Waals surface area contributed by atoms with Crippen LogP contribution in [0.3, 0.4) is 0 Å². The van der Waals surface area contributed by atoms with Crippen molar-refractivity contribution in [1.82, 2.24) is 0 Å². The summed E-state index contributed by atoms with van der Waals surface area (Å²) in [5.41, 5.74) is 0.906. The van der Waals surface area contributed by atoms with Gasteiger partial charge in [-0.1, -0.05) is 41.9 Å². The van der Waals surface area contributed by atoms with Gasteiger partial charge in [0, 0.05) is 23.5 Å². The number of aliphatic hydroxyl groups excluding tert-OH is 1. The molecule has 0 heterocycles. The summed E-state index contributed by atoms with van der Waals surface area (Å²) in [4.78, 5) is 0.310. The van der Waals surface area contributed by atoms with E-state index in [1.54, 1.807) is 42.5 Å². The normalized spacial score (nSPS) is 24.8. The van der Waals surface area contributed by atoms with Gasteiger partial charge < -0.3 is 5.11 Å². The predicted molar refractivity (Wildman–Crippen MR) is 82.2 cm³/mol. The summed E-state index contributed by atoms with van der Waals surface area (Å²) in [6.07, 6.45) is 0. The van der Waals surface area contributed by atoms with Crippen molar-refractivity contribution < 1.29 is 13.5 Å². The molecule has 1 aliphatic carbocycles. The van der Waals surface area contributed by atoms with Gasteiger partial charge in [-0.05, 0) is 29.8 Å². The standard InChI is InChI=1S/C16H15ClO3S/c17-12-8-6-11(7-9-12)15-14(10-18)16(15)21(19,20)13-4-2-1-3-5-13/h1-9,14-16,18H,10H2/t14-,15+,16-/m1/s1. The highest BCUT2D eigenvalue weighted by Crippen LogP contribution is 2.53. The fourth-order valence-electron chi connectivity index (χ4n) is 2.87. The van der Waals surface area contributed by atoms with Gasteiger partial charge in [-0.3, -0.25) is 0 Å². The molecular weight excluding hydrogens is 308 g/mol. The zero-order valence-corrected chi connectivity index (χ0v) is 12.8. The maximum absolute atomic E-state index is 12.7. The Hall–Kier alpha value is -1.36. The highest BCUT2D eigenvalue weighted by atomic mass is 35.5. The highest BCUT2D eigenvalue weighted by molar-refractivity contribution is 7.92. The molecule has 3 atom stereocenters. The van der Waals surface area contributed by atoms with Gasteiger partial charge >= 0.3 is 0 Å². The Morgan fingerprint density at radius 3 is 2.19 bits per heavy atom.